The van der Waals surface area contributed by atoms with Gasteiger partial charge in [0.2, 0.25) is 5.91 Å². The van der Waals surface area contributed by atoms with Gasteiger partial charge in [0.05, 0.1) is 38.5 Å². The number of rotatable bonds is 14. The predicted octanol–water partition coefficient (Wildman–Crippen LogP) is 2.65. The highest BCUT2D eigenvalue weighted by Gasteiger charge is 2.51. The smallest absolute Gasteiger partial charge is 0.332 e. The number of hydrogen-bond donors (Lipinski definition) is 3. The fraction of sp³-hybridized carbons (Fsp3) is 0.900. The second kappa shape index (κ2) is 12.0. The summed E-state index contributed by atoms with van der Waals surface area (Å²) in [7, 11) is 0.236. The van der Waals surface area contributed by atoms with Crippen molar-refractivity contribution >= 4 is 32.3 Å². The van der Waals surface area contributed by atoms with Gasteiger partial charge in [0.1, 0.15) is 0 Å². The van der Waals surface area contributed by atoms with Crippen molar-refractivity contribution in [1.29, 1.82) is 0 Å². The first kappa shape index (κ1) is 26.6. The molecule has 0 aliphatic carbocycles. The zero-order valence-electron chi connectivity index (χ0n) is 19.5. The van der Waals surface area contributed by atoms with E-state index >= 15 is 0 Å². The summed E-state index contributed by atoms with van der Waals surface area (Å²) in [6, 6.07) is 0.202. The molecule has 0 aromatic rings. The first-order valence-corrected chi connectivity index (χ1v) is 12.9. The normalized spacial score (nSPS) is 24.5. The van der Waals surface area contributed by atoms with Crippen molar-refractivity contribution in [1.82, 2.24) is 16.0 Å². The molecule has 0 bridgehead atoms. The highest BCUT2D eigenvalue weighted by atomic mass is 32.2. The Morgan fingerprint density at radius 2 is 1.94 bits per heavy atom. The Kier molecular flexibility index (Phi) is 10.3. The molecule has 2 fully saturated rings. The van der Waals surface area contributed by atoms with Crippen LogP contribution in [-0.2, 0) is 23.1 Å². The van der Waals surface area contributed by atoms with Crippen molar-refractivity contribution in [2.75, 3.05) is 45.8 Å². The van der Waals surface area contributed by atoms with E-state index in [-0.39, 0.29) is 34.7 Å². The number of thioether (sulfide) groups is 1. The van der Waals surface area contributed by atoms with E-state index < -0.39 is 14.0 Å². The van der Waals surface area contributed by atoms with Crippen molar-refractivity contribution < 1.29 is 27.9 Å². The van der Waals surface area contributed by atoms with Crippen LogP contribution in [0.2, 0.25) is 0 Å². The molecule has 3 amide bonds. The highest BCUT2D eigenvalue weighted by Crippen LogP contribution is 2.47. The molecule has 180 valence electrons. The molecule has 31 heavy (non-hydrogen) atoms. The minimum Gasteiger partial charge on any atom is -0.377 e. The van der Waals surface area contributed by atoms with E-state index in [2.05, 4.69) is 29.8 Å². The van der Waals surface area contributed by atoms with Gasteiger partial charge in [-0.15, -0.1) is 0 Å². The Labute approximate surface area is 191 Å². The Bertz CT molecular complexity index is 609. The van der Waals surface area contributed by atoms with Crippen LogP contribution in [0.3, 0.4) is 0 Å². The third-order valence-corrected chi connectivity index (χ3v) is 8.45. The quantitative estimate of drug-likeness (QED) is 0.200. The maximum atomic E-state index is 12.8. The van der Waals surface area contributed by atoms with Crippen molar-refractivity contribution in [3.8, 4) is 0 Å². The fourth-order valence-corrected chi connectivity index (χ4v) is 6.75. The molecular formula is C20H38N3O6PS. The molecule has 2 rings (SSSR count). The number of fused-ring (bicyclic) bond motifs is 1. The fourth-order valence-electron chi connectivity index (χ4n) is 4.32. The van der Waals surface area contributed by atoms with E-state index in [0.29, 0.717) is 33.0 Å². The lowest BCUT2D eigenvalue weighted by atomic mass is 9.71. The summed E-state index contributed by atoms with van der Waals surface area (Å²) in [5.41, 5.74) is -0.647. The Balaban J connectivity index is 1.69. The summed E-state index contributed by atoms with van der Waals surface area (Å²) in [5, 5.41) is 9.28. The molecule has 0 saturated carbocycles. The lowest BCUT2D eigenvalue weighted by Gasteiger charge is -2.39. The van der Waals surface area contributed by atoms with Gasteiger partial charge in [-0.25, -0.2) is 4.79 Å². The molecule has 4 atom stereocenters. The second-order valence-corrected chi connectivity index (χ2v) is 11.6. The molecule has 9 nitrogen and oxygen atoms in total. The monoisotopic (exact) mass is 479 g/mol. The summed E-state index contributed by atoms with van der Waals surface area (Å²) in [5.74, 6) is 0.912. The topological polar surface area (TPSA) is 107 Å². The van der Waals surface area contributed by atoms with Crippen LogP contribution in [0.1, 0.15) is 41.0 Å². The van der Waals surface area contributed by atoms with Crippen LogP contribution in [0, 0.1) is 10.8 Å². The summed E-state index contributed by atoms with van der Waals surface area (Å²) < 4.78 is 21.3. The van der Waals surface area contributed by atoms with Crippen LogP contribution >= 0.6 is 20.4 Å². The largest absolute Gasteiger partial charge is 0.377 e. The molecule has 2 aliphatic rings. The van der Waals surface area contributed by atoms with Crippen molar-refractivity contribution in [3.05, 3.63) is 0 Å². The molecular weight excluding hydrogens is 441 g/mol. The van der Waals surface area contributed by atoms with Gasteiger partial charge in [0, 0.05) is 30.1 Å². The van der Waals surface area contributed by atoms with E-state index in [4.69, 9.17) is 18.3 Å². The van der Waals surface area contributed by atoms with Crippen molar-refractivity contribution in [2.24, 2.45) is 10.8 Å². The molecule has 0 aromatic heterocycles. The predicted molar refractivity (Wildman–Crippen MR) is 123 cm³/mol. The Hall–Kier alpha value is -0.640. The number of carbonyl (C=O) groups excluding carboxylic acids is 2. The van der Waals surface area contributed by atoms with Crippen LogP contribution in [0.25, 0.3) is 0 Å². The molecule has 3 N–H and O–H groups in total. The molecule has 2 aliphatic heterocycles. The lowest BCUT2D eigenvalue weighted by molar-refractivity contribution is -0.131. The van der Waals surface area contributed by atoms with Crippen LogP contribution in [0.15, 0.2) is 0 Å². The van der Waals surface area contributed by atoms with E-state index in [0.717, 1.165) is 12.2 Å². The Morgan fingerprint density at radius 3 is 2.61 bits per heavy atom. The zero-order valence-corrected chi connectivity index (χ0v) is 21.2. The average molecular weight is 480 g/mol. The van der Waals surface area contributed by atoms with E-state index in [1.165, 1.54) is 0 Å². The molecule has 4 unspecified atom stereocenters. The first-order valence-electron chi connectivity index (χ1n) is 10.8. The molecule has 11 heteroatoms. The van der Waals surface area contributed by atoms with Gasteiger partial charge in [-0.1, -0.05) is 27.7 Å². The van der Waals surface area contributed by atoms with Crippen LogP contribution in [-0.4, -0.2) is 75.1 Å². The minimum absolute atomic E-state index is 0.00723. The SMILES string of the molecule is CCOP(OC)OCCOCCNC(=O)C(C)(C)CC(C)(C)C1SCC2NC(=O)NC21. The lowest BCUT2D eigenvalue weighted by Crippen LogP contribution is -2.48. The number of nitrogens with one attached hydrogen (secondary N) is 3. The zero-order chi connectivity index (χ0) is 23.1. The standard InChI is InChI=1S/C20H38N3O6PS/c1-7-28-30(26-6)29-11-10-27-9-8-21-17(24)20(4,5)13-19(2,3)16-15-14(12-31-16)22-18(25)23-15/h14-16H,7-13H2,1-6H3,(H,21,24)(H2,22,23,25). The summed E-state index contributed by atoms with van der Waals surface area (Å²) in [6.45, 7) is 12.4. The Morgan fingerprint density at radius 1 is 1.19 bits per heavy atom. The summed E-state index contributed by atoms with van der Waals surface area (Å²) >= 11 is 1.87. The van der Waals surface area contributed by atoms with Crippen LogP contribution < -0.4 is 16.0 Å². The van der Waals surface area contributed by atoms with Crippen LogP contribution in [0.5, 0.6) is 0 Å². The highest BCUT2D eigenvalue weighted by molar-refractivity contribution is 8.00. The van der Waals surface area contributed by atoms with E-state index in [1.807, 2.05) is 32.5 Å². The maximum absolute atomic E-state index is 12.8. The molecule has 2 heterocycles. The molecule has 2 saturated heterocycles. The van der Waals surface area contributed by atoms with Gasteiger partial charge < -0.3 is 34.3 Å². The van der Waals surface area contributed by atoms with Gasteiger partial charge in [-0.3, -0.25) is 4.79 Å². The second-order valence-electron chi connectivity index (χ2n) is 9.08. The maximum Gasteiger partial charge on any atom is 0.332 e. The van der Waals surface area contributed by atoms with Gasteiger partial charge >= 0.3 is 14.6 Å². The van der Waals surface area contributed by atoms with Gasteiger partial charge in [-0.05, 0) is 18.8 Å². The van der Waals surface area contributed by atoms with E-state index in [9.17, 15) is 9.59 Å². The average Bonchev–Trinajstić information content (AvgIpc) is 3.24. The molecule has 0 radical (unpaired) electrons. The number of amides is 3. The molecule has 0 aromatic carbocycles. The third-order valence-electron chi connectivity index (χ3n) is 5.45. The minimum atomic E-state index is -1.31. The number of ether oxygens (including phenoxy) is 1. The third kappa shape index (κ3) is 7.72. The summed E-state index contributed by atoms with van der Waals surface area (Å²) in [6.07, 6.45) is 0.718. The van der Waals surface area contributed by atoms with Gasteiger partial charge in [0.15, 0.2) is 0 Å². The molecule has 0 spiro atoms. The number of hydrogen-bond acceptors (Lipinski definition) is 7. The van der Waals surface area contributed by atoms with E-state index in [1.54, 1.807) is 7.11 Å². The first-order chi connectivity index (χ1) is 14.6. The van der Waals surface area contributed by atoms with Crippen molar-refractivity contribution in [3.63, 3.8) is 0 Å². The van der Waals surface area contributed by atoms with Gasteiger partial charge in [-0.2, -0.15) is 11.8 Å². The van der Waals surface area contributed by atoms with Gasteiger partial charge in [0.25, 0.3) is 0 Å². The number of carbonyl (C=O) groups is 2. The van der Waals surface area contributed by atoms with Crippen LogP contribution in [0.4, 0.5) is 4.79 Å². The summed E-state index contributed by atoms with van der Waals surface area (Å²) in [4.78, 5) is 24.5. The van der Waals surface area contributed by atoms with Crippen molar-refractivity contribution in [2.45, 2.75) is 58.4 Å². The number of urea groups is 1.